The Kier molecular flexibility index (Phi) is 8.88. The summed E-state index contributed by atoms with van der Waals surface area (Å²) in [7, 11) is 0. The minimum absolute atomic E-state index is 0.227. The fraction of sp³-hybridized carbons (Fsp3) is 0.800. The van der Waals surface area contributed by atoms with Gasteiger partial charge in [-0.25, -0.2) is 0 Å². The van der Waals surface area contributed by atoms with Gasteiger partial charge in [-0.1, -0.05) is 25.8 Å². The third-order valence-electron chi connectivity index (χ3n) is 2.08. The highest BCUT2D eigenvalue weighted by Crippen LogP contribution is 2.16. The molecule has 3 nitrogen and oxygen atoms in total. The molecule has 0 rings (SSSR count). The summed E-state index contributed by atoms with van der Waals surface area (Å²) in [6.45, 7) is 2.37. The highest BCUT2D eigenvalue weighted by molar-refractivity contribution is 4.86. The Balaban J connectivity index is 3.72. The van der Waals surface area contributed by atoms with Crippen molar-refractivity contribution in [2.45, 2.75) is 39.0 Å². The van der Waals surface area contributed by atoms with Crippen molar-refractivity contribution in [2.75, 3.05) is 6.61 Å². The molecule has 0 radical (unpaired) electrons. The maximum absolute atomic E-state index is 9.87. The summed E-state index contributed by atoms with van der Waals surface area (Å²) in [4.78, 5) is 9.87. The van der Waals surface area contributed by atoms with Gasteiger partial charge in [0.2, 0.25) is 0 Å². The molecule has 0 aromatic rings. The molecule has 1 unspecified atom stereocenters. The lowest BCUT2D eigenvalue weighted by Crippen LogP contribution is -1.98. The van der Waals surface area contributed by atoms with Gasteiger partial charge in [-0.15, -0.1) is 4.91 Å². The van der Waals surface area contributed by atoms with Gasteiger partial charge >= 0.3 is 0 Å². The molecular formula is C10H19NO2. The molecule has 0 aliphatic rings. The molecule has 0 amide bonds. The normalized spacial score (nSPS) is 13.4. The van der Waals surface area contributed by atoms with Gasteiger partial charge in [0, 0.05) is 6.61 Å². The van der Waals surface area contributed by atoms with E-state index in [9.17, 15) is 4.91 Å². The van der Waals surface area contributed by atoms with E-state index in [-0.39, 0.29) is 6.61 Å². The molecule has 0 aliphatic heterocycles. The number of allylic oxidation sites excluding steroid dienone is 1. The Hall–Kier alpha value is -0.700. The molecule has 0 aliphatic carbocycles. The van der Waals surface area contributed by atoms with Crippen LogP contribution < -0.4 is 0 Å². The minimum atomic E-state index is 0.227. The molecule has 1 atom stereocenters. The molecule has 0 saturated carbocycles. The van der Waals surface area contributed by atoms with Gasteiger partial charge in [-0.2, -0.15) is 0 Å². The van der Waals surface area contributed by atoms with Crippen molar-refractivity contribution in [3.8, 4) is 0 Å². The number of hydrogen-bond acceptors (Lipinski definition) is 3. The third-order valence-corrected chi connectivity index (χ3v) is 2.08. The maximum atomic E-state index is 9.87. The van der Waals surface area contributed by atoms with Crippen LogP contribution in [0, 0.1) is 10.8 Å². The quantitative estimate of drug-likeness (QED) is 0.591. The van der Waals surface area contributed by atoms with Crippen molar-refractivity contribution >= 4 is 0 Å². The van der Waals surface area contributed by atoms with Crippen LogP contribution >= 0.6 is 0 Å². The topological polar surface area (TPSA) is 49.7 Å². The van der Waals surface area contributed by atoms with Gasteiger partial charge in [0.25, 0.3) is 0 Å². The molecule has 0 aromatic heterocycles. The smallest absolute Gasteiger partial charge is 0.0677 e. The summed E-state index contributed by atoms with van der Waals surface area (Å²) in [6, 6.07) is 0. The largest absolute Gasteiger partial charge is 0.396 e. The summed E-state index contributed by atoms with van der Waals surface area (Å²) < 4.78 is 0. The van der Waals surface area contributed by atoms with Crippen LogP contribution in [0.1, 0.15) is 39.0 Å². The van der Waals surface area contributed by atoms with Gasteiger partial charge in [0.1, 0.15) is 0 Å². The van der Waals surface area contributed by atoms with Crippen LogP contribution in [0.4, 0.5) is 0 Å². The molecule has 0 fully saturated rings. The van der Waals surface area contributed by atoms with Crippen LogP contribution in [0.3, 0.4) is 0 Å². The SMILES string of the molecule is CCCCC(/C=C/N=O)CCCO. The number of nitroso groups, excluding NO2 is 1. The van der Waals surface area contributed by atoms with Crippen molar-refractivity contribution < 1.29 is 5.11 Å². The number of nitrogens with zero attached hydrogens (tertiary/aromatic N) is 1. The first-order chi connectivity index (χ1) is 6.35. The van der Waals surface area contributed by atoms with Crippen LogP contribution in [0.5, 0.6) is 0 Å². The highest BCUT2D eigenvalue weighted by Gasteiger charge is 2.03. The predicted octanol–water partition coefficient (Wildman–Crippen LogP) is 2.85. The van der Waals surface area contributed by atoms with Gasteiger partial charge in [0.15, 0.2) is 0 Å². The predicted molar refractivity (Wildman–Crippen MR) is 54.3 cm³/mol. The average molecular weight is 185 g/mol. The van der Waals surface area contributed by atoms with E-state index in [0.717, 1.165) is 25.7 Å². The fourth-order valence-electron chi connectivity index (χ4n) is 1.31. The molecule has 13 heavy (non-hydrogen) atoms. The second-order valence-electron chi connectivity index (χ2n) is 3.22. The third kappa shape index (κ3) is 7.65. The standard InChI is InChI=1S/C10H19NO2/c1-2-3-5-10(6-4-9-12)7-8-11-13/h7-8,10,12H,2-6,9H2,1H3/b8-7+. The van der Waals surface area contributed by atoms with E-state index in [1.807, 2.05) is 6.08 Å². The van der Waals surface area contributed by atoms with Crippen LogP contribution in [-0.4, -0.2) is 11.7 Å². The van der Waals surface area contributed by atoms with E-state index in [2.05, 4.69) is 12.1 Å². The fourth-order valence-corrected chi connectivity index (χ4v) is 1.31. The molecule has 3 heteroatoms. The van der Waals surface area contributed by atoms with E-state index in [1.165, 1.54) is 12.6 Å². The summed E-state index contributed by atoms with van der Waals surface area (Å²) in [5.41, 5.74) is 0. The number of unbranched alkanes of at least 4 members (excludes halogenated alkanes) is 1. The molecule has 0 heterocycles. The zero-order chi connectivity index (χ0) is 9.94. The number of hydrogen-bond donors (Lipinski definition) is 1. The number of aliphatic hydroxyl groups excluding tert-OH is 1. The highest BCUT2D eigenvalue weighted by atomic mass is 16.3. The van der Waals surface area contributed by atoms with Crippen LogP contribution in [0.15, 0.2) is 17.5 Å². The van der Waals surface area contributed by atoms with Crippen molar-refractivity contribution in [1.29, 1.82) is 0 Å². The van der Waals surface area contributed by atoms with Gasteiger partial charge in [-0.05, 0) is 30.4 Å². The molecule has 0 bridgehead atoms. The second-order valence-corrected chi connectivity index (χ2v) is 3.22. The first-order valence-corrected chi connectivity index (χ1v) is 4.95. The van der Waals surface area contributed by atoms with Crippen LogP contribution in [-0.2, 0) is 0 Å². The number of aliphatic hydroxyl groups is 1. The van der Waals surface area contributed by atoms with Crippen molar-refractivity contribution in [2.24, 2.45) is 11.1 Å². The Labute approximate surface area is 79.8 Å². The molecule has 0 spiro atoms. The average Bonchev–Trinajstić information content (AvgIpc) is 2.17. The monoisotopic (exact) mass is 185 g/mol. The minimum Gasteiger partial charge on any atom is -0.396 e. The van der Waals surface area contributed by atoms with Gasteiger partial charge in [0.05, 0.1) is 6.20 Å². The van der Waals surface area contributed by atoms with Crippen molar-refractivity contribution in [3.63, 3.8) is 0 Å². The van der Waals surface area contributed by atoms with E-state index >= 15 is 0 Å². The lowest BCUT2D eigenvalue weighted by atomic mass is 9.97. The molecule has 1 N–H and O–H groups in total. The molecular weight excluding hydrogens is 166 g/mol. The molecule has 76 valence electrons. The van der Waals surface area contributed by atoms with E-state index < -0.39 is 0 Å². The Bertz CT molecular complexity index is 138. The first-order valence-electron chi connectivity index (χ1n) is 4.95. The molecule has 0 aromatic carbocycles. The molecule has 0 saturated heterocycles. The Morgan fingerprint density at radius 2 is 2.08 bits per heavy atom. The van der Waals surface area contributed by atoms with Gasteiger partial charge in [-0.3, -0.25) is 0 Å². The maximum Gasteiger partial charge on any atom is 0.0677 e. The lowest BCUT2D eigenvalue weighted by Gasteiger charge is -2.09. The van der Waals surface area contributed by atoms with E-state index in [0.29, 0.717) is 5.92 Å². The number of rotatable bonds is 8. The van der Waals surface area contributed by atoms with Crippen molar-refractivity contribution in [1.82, 2.24) is 0 Å². The van der Waals surface area contributed by atoms with Gasteiger partial charge < -0.3 is 5.11 Å². The Morgan fingerprint density at radius 1 is 1.38 bits per heavy atom. The van der Waals surface area contributed by atoms with E-state index in [1.54, 1.807) is 0 Å². The zero-order valence-corrected chi connectivity index (χ0v) is 8.28. The summed E-state index contributed by atoms with van der Waals surface area (Å²) >= 11 is 0. The zero-order valence-electron chi connectivity index (χ0n) is 8.28. The first kappa shape index (κ1) is 12.3. The van der Waals surface area contributed by atoms with Crippen LogP contribution in [0.2, 0.25) is 0 Å². The van der Waals surface area contributed by atoms with E-state index in [4.69, 9.17) is 5.11 Å². The lowest BCUT2D eigenvalue weighted by molar-refractivity contribution is 0.275. The Morgan fingerprint density at radius 3 is 2.62 bits per heavy atom. The van der Waals surface area contributed by atoms with Crippen LogP contribution in [0.25, 0.3) is 0 Å². The van der Waals surface area contributed by atoms with Crippen molar-refractivity contribution in [3.05, 3.63) is 17.2 Å². The summed E-state index contributed by atoms with van der Waals surface area (Å²) in [6.07, 6.45) is 8.33. The summed E-state index contributed by atoms with van der Waals surface area (Å²) in [5.74, 6) is 0.407. The summed E-state index contributed by atoms with van der Waals surface area (Å²) in [5, 5.41) is 11.4. The second kappa shape index (κ2) is 9.39.